The Morgan fingerprint density at radius 2 is 1.70 bits per heavy atom. The van der Waals surface area contributed by atoms with Crippen molar-refractivity contribution >= 4 is 12.1 Å². The third-order valence-electron chi connectivity index (χ3n) is 5.39. The van der Waals surface area contributed by atoms with Crippen LogP contribution in [0, 0.1) is 0 Å². The smallest absolute Gasteiger partial charge is 0.410 e. The van der Waals surface area contributed by atoms with E-state index in [1.54, 1.807) is 7.05 Å². The van der Waals surface area contributed by atoms with Crippen LogP contribution < -0.4 is 5.73 Å². The van der Waals surface area contributed by atoms with Crippen molar-refractivity contribution in [3.63, 3.8) is 0 Å². The standard InChI is InChI=1S/C24H28N2O4/c1-3-15-29-23(27)22(13-8-14-25)26(2)24(28)30-16-21-19-11-6-4-9-17(19)18-10-5-7-12-20(18)21/h3-7,9-12,21-22H,1,8,13-16,25H2,2H3/t22-/m0/s1. The first-order valence-corrected chi connectivity index (χ1v) is 10.1. The predicted octanol–water partition coefficient (Wildman–Crippen LogP) is 3.70. The summed E-state index contributed by atoms with van der Waals surface area (Å²) in [6, 6.07) is 15.5. The minimum absolute atomic E-state index is 0.0371. The molecule has 0 heterocycles. The van der Waals surface area contributed by atoms with Crippen molar-refractivity contribution in [2.45, 2.75) is 24.8 Å². The number of nitrogens with two attached hydrogens (primary N) is 1. The van der Waals surface area contributed by atoms with Crippen LogP contribution >= 0.6 is 0 Å². The van der Waals surface area contributed by atoms with Crippen molar-refractivity contribution < 1.29 is 19.1 Å². The molecule has 0 saturated heterocycles. The van der Waals surface area contributed by atoms with Gasteiger partial charge in [0, 0.05) is 13.0 Å². The summed E-state index contributed by atoms with van der Waals surface area (Å²) in [5.41, 5.74) is 10.2. The van der Waals surface area contributed by atoms with Gasteiger partial charge in [0.1, 0.15) is 19.3 Å². The molecule has 0 saturated carbocycles. The zero-order valence-electron chi connectivity index (χ0n) is 17.3. The van der Waals surface area contributed by atoms with Crippen LogP contribution in [0.25, 0.3) is 11.1 Å². The van der Waals surface area contributed by atoms with Crippen molar-refractivity contribution in [3.8, 4) is 11.1 Å². The minimum atomic E-state index is -0.746. The topological polar surface area (TPSA) is 81.9 Å². The van der Waals surface area contributed by atoms with Crippen LogP contribution in [0.4, 0.5) is 4.79 Å². The molecule has 0 unspecified atom stereocenters. The fourth-order valence-electron chi connectivity index (χ4n) is 3.84. The van der Waals surface area contributed by atoms with Crippen molar-refractivity contribution in [1.82, 2.24) is 4.90 Å². The van der Waals surface area contributed by atoms with E-state index in [-0.39, 0.29) is 19.1 Å². The average Bonchev–Trinajstić information content (AvgIpc) is 3.10. The molecule has 0 aliphatic heterocycles. The summed E-state index contributed by atoms with van der Waals surface area (Å²) in [6.07, 6.45) is 1.93. The Morgan fingerprint density at radius 1 is 1.10 bits per heavy atom. The first kappa shape index (κ1) is 21.6. The Kier molecular flexibility index (Phi) is 7.25. The quantitative estimate of drug-likeness (QED) is 0.505. The maximum atomic E-state index is 12.8. The molecule has 1 aliphatic carbocycles. The van der Waals surface area contributed by atoms with Gasteiger partial charge in [-0.25, -0.2) is 9.59 Å². The number of benzene rings is 2. The molecule has 30 heavy (non-hydrogen) atoms. The Morgan fingerprint density at radius 3 is 2.27 bits per heavy atom. The number of hydrogen-bond donors (Lipinski definition) is 1. The third kappa shape index (κ3) is 4.54. The van der Waals surface area contributed by atoms with E-state index in [1.807, 2.05) is 24.3 Å². The Hall–Kier alpha value is -3.12. The number of carbonyl (C=O) groups is 2. The van der Waals surface area contributed by atoms with E-state index in [1.165, 1.54) is 11.0 Å². The van der Waals surface area contributed by atoms with E-state index in [4.69, 9.17) is 15.2 Å². The zero-order valence-corrected chi connectivity index (χ0v) is 17.3. The molecule has 3 rings (SSSR count). The van der Waals surface area contributed by atoms with E-state index in [0.29, 0.717) is 19.4 Å². The number of likely N-dealkylation sites (N-methyl/N-ethyl adjacent to an activating group) is 1. The van der Waals surface area contributed by atoms with Crippen molar-refractivity contribution in [1.29, 1.82) is 0 Å². The second kappa shape index (κ2) is 10.1. The van der Waals surface area contributed by atoms with Gasteiger partial charge >= 0.3 is 12.1 Å². The molecule has 158 valence electrons. The summed E-state index contributed by atoms with van der Waals surface area (Å²) in [5, 5.41) is 0. The lowest BCUT2D eigenvalue weighted by molar-refractivity contribution is -0.148. The summed E-state index contributed by atoms with van der Waals surface area (Å²) in [5.74, 6) is -0.524. The SMILES string of the molecule is C=CCOC(=O)[C@H](CCCN)N(C)C(=O)OCC1c2ccccc2-c2ccccc21. The number of rotatable bonds is 9. The van der Waals surface area contributed by atoms with E-state index < -0.39 is 18.1 Å². The van der Waals surface area contributed by atoms with E-state index >= 15 is 0 Å². The number of esters is 1. The molecule has 6 heteroatoms. The van der Waals surface area contributed by atoms with Gasteiger partial charge in [0.05, 0.1) is 0 Å². The lowest BCUT2D eigenvalue weighted by atomic mass is 9.98. The molecule has 1 amide bonds. The lowest BCUT2D eigenvalue weighted by Gasteiger charge is -2.26. The molecule has 0 bridgehead atoms. The van der Waals surface area contributed by atoms with Crippen molar-refractivity contribution in [2.75, 3.05) is 26.8 Å². The van der Waals surface area contributed by atoms with Gasteiger partial charge in [0.25, 0.3) is 0 Å². The highest BCUT2D eigenvalue weighted by molar-refractivity contribution is 5.82. The number of carbonyl (C=O) groups excluding carboxylic acids is 2. The summed E-state index contributed by atoms with van der Waals surface area (Å²) < 4.78 is 10.8. The monoisotopic (exact) mass is 408 g/mol. The maximum absolute atomic E-state index is 12.8. The molecule has 0 radical (unpaired) electrons. The molecular formula is C24H28N2O4. The van der Waals surface area contributed by atoms with Gasteiger partial charge in [-0.3, -0.25) is 4.90 Å². The molecule has 6 nitrogen and oxygen atoms in total. The molecule has 2 aromatic rings. The van der Waals surface area contributed by atoms with Gasteiger partial charge in [-0.2, -0.15) is 0 Å². The summed E-state index contributed by atoms with van der Waals surface area (Å²) >= 11 is 0. The van der Waals surface area contributed by atoms with E-state index in [9.17, 15) is 9.59 Å². The van der Waals surface area contributed by atoms with Crippen LogP contribution in [0.15, 0.2) is 61.2 Å². The Bertz CT molecular complexity index is 866. The second-order valence-electron chi connectivity index (χ2n) is 7.28. The lowest BCUT2D eigenvalue weighted by Crippen LogP contribution is -2.44. The van der Waals surface area contributed by atoms with Crippen LogP contribution in [0.3, 0.4) is 0 Å². The largest absolute Gasteiger partial charge is 0.460 e. The number of fused-ring (bicyclic) bond motifs is 3. The zero-order chi connectivity index (χ0) is 21.5. The Labute approximate surface area is 177 Å². The van der Waals surface area contributed by atoms with Gasteiger partial charge < -0.3 is 15.2 Å². The maximum Gasteiger partial charge on any atom is 0.410 e. The first-order chi connectivity index (χ1) is 14.6. The number of hydrogen-bond acceptors (Lipinski definition) is 5. The van der Waals surface area contributed by atoms with Gasteiger partial charge in [-0.05, 0) is 41.6 Å². The highest BCUT2D eigenvalue weighted by Gasteiger charge is 2.32. The summed E-state index contributed by atoms with van der Waals surface area (Å²) in [7, 11) is 1.55. The van der Waals surface area contributed by atoms with Crippen LogP contribution in [0.2, 0.25) is 0 Å². The first-order valence-electron chi connectivity index (χ1n) is 10.1. The molecule has 1 aliphatic rings. The molecule has 2 aromatic carbocycles. The van der Waals surface area contributed by atoms with Gasteiger partial charge in [0.2, 0.25) is 0 Å². The van der Waals surface area contributed by atoms with Gasteiger partial charge in [-0.1, -0.05) is 61.2 Å². The second-order valence-corrected chi connectivity index (χ2v) is 7.28. The van der Waals surface area contributed by atoms with Gasteiger partial charge in [0.15, 0.2) is 0 Å². The summed E-state index contributed by atoms with van der Waals surface area (Å²) in [4.78, 5) is 26.4. The molecule has 0 aromatic heterocycles. The van der Waals surface area contributed by atoms with E-state index in [0.717, 1.165) is 22.3 Å². The van der Waals surface area contributed by atoms with Crippen molar-refractivity contribution in [2.24, 2.45) is 5.73 Å². The van der Waals surface area contributed by atoms with Crippen LogP contribution in [0.1, 0.15) is 29.9 Å². The predicted molar refractivity (Wildman–Crippen MR) is 116 cm³/mol. The fourth-order valence-corrected chi connectivity index (χ4v) is 3.84. The third-order valence-corrected chi connectivity index (χ3v) is 5.39. The minimum Gasteiger partial charge on any atom is -0.460 e. The van der Waals surface area contributed by atoms with Crippen LogP contribution in [0.5, 0.6) is 0 Å². The Balaban J connectivity index is 1.70. The average molecular weight is 408 g/mol. The fraction of sp³-hybridized carbons (Fsp3) is 0.333. The molecule has 2 N–H and O–H groups in total. The van der Waals surface area contributed by atoms with Gasteiger partial charge in [-0.15, -0.1) is 0 Å². The van der Waals surface area contributed by atoms with Crippen LogP contribution in [-0.2, 0) is 14.3 Å². The molecule has 0 spiro atoms. The van der Waals surface area contributed by atoms with E-state index in [2.05, 4.69) is 30.8 Å². The number of amides is 1. The number of ether oxygens (including phenoxy) is 2. The highest BCUT2D eigenvalue weighted by atomic mass is 16.6. The molecule has 1 atom stereocenters. The number of nitrogens with zero attached hydrogens (tertiary/aromatic N) is 1. The summed E-state index contributed by atoms with van der Waals surface area (Å²) in [6.45, 7) is 4.25. The molecular weight excluding hydrogens is 380 g/mol. The van der Waals surface area contributed by atoms with Crippen LogP contribution in [-0.4, -0.2) is 49.8 Å². The normalized spacial score (nSPS) is 13.1. The van der Waals surface area contributed by atoms with Crippen molar-refractivity contribution in [3.05, 3.63) is 72.3 Å². The molecule has 0 fully saturated rings. The highest BCUT2D eigenvalue weighted by Crippen LogP contribution is 2.44.